The maximum atomic E-state index is 6.37. The lowest BCUT2D eigenvalue weighted by Gasteiger charge is -2.31. The van der Waals surface area contributed by atoms with Gasteiger partial charge >= 0.3 is 0 Å². The average Bonchev–Trinajstić information content (AvgIpc) is 2.74. The van der Waals surface area contributed by atoms with E-state index in [1.54, 1.807) is 0 Å². The molecule has 0 bridgehead atoms. The molecular weight excluding hydrogens is 202 g/mol. The Labute approximate surface area is 93.8 Å². The minimum atomic E-state index is -0.350. The summed E-state index contributed by atoms with van der Waals surface area (Å²) in [6.45, 7) is 1.43. The zero-order chi connectivity index (χ0) is 11.0. The van der Waals surface area contributed by atoms with Crippen molar-refractivity contribution in [2.24, 2.45) is 5.73 Å². The van der Waals surface area contributed by atoms with E-state index < -0.39 is 0 Å². The minimum absolute atomic E-state index is 0.350. The van der Waals surface area contributed by atoms with Gasteiger partial charge in [-0.2, -0.15) is 0 Å². The number of H-pyrrole nitrogens is 1. The van der Waals surface area contributed by atoms with Gasteiger partial charge in [-0.05, 0) is 25.0 Å². The van der Waals surface area contributed by atoms with Crippen LogP contribution in [-0.2, 0) is 10.3 Å². The molecule has 2 heterocycles. The first-order chi connectivity index (χ1) is 7.78. The van der Waals surface area contributed by atoms with E-state index in [2.05, 4.69) is 9.97 Å². The van der Waals surface area contributed by atoms with Crippen molar-refractivity contribution in [2.45, 2.75) is 18.4 Å². The second kappa shape index (κ2) is 3.57. The number of nitrogens with one attached hydrogen (secondary N) is 1. The van der Waals surface area contributed by atoms with Gasteiger partial charge in [-0.3, -0.25) is 0 Å². The van der Waals surface area contributed by atoms with E-state index in [9.17, 15) is 0 Å². The molecule has 1 aromatic carbocycles. The molecule has 0 aliphatic carbocycles. The highest BCUT2D eigenvalue weighted by atomic mass is 16.5. The molecule has 1 aliphatic heterocycles. The summed E-state index contributed by atoms with van der Waals surface area (Å²) in [6.07, 6.45) is 1.65. The number of hydrogen-bond acceptors (Lipinski definition) is 3. The van der Waals surface area contributed by atoms with E-state index in [1.165, 1.54) is 0 Å². The number of benzene rings is 1. The van der Waals surface area contributed by atoms with Crippen molar-refractivity contribution in [1.29, 1.82) is 0 Å². The zero-order valence-electron chi connectivity index (χ0n) is 9.07. The second-order valence-corrected chi connectivity index (χ2v) is 4.37. The Kier molecular flexibility index (Phi) is 2.19. The molecule has 0 spiro atoms. The number of nitrogens with two attached hydrogens (primary N) is 1. The Balaban J connectivity index is 2.04. The van der Waals surface area contributed by atoms with E-state index in [-0.39, 0.29) is 5.54 Å². The van der Waals surface area contributed by atoms with Crippen molar-refractivity contribution in [3.05, 3.63) is 30.1 Å². The number of para-hydroxylation sites is 2. The summed E-state index contributed by atoms with van der Waals surface area (Å²) >= 11 is 0. The van der Waals surface area contributed by atoms with Crippen LogP contribution >= 0.6 is 0 Å². The third-order valence-corrected chi connectivity index (χ3v) is 3.25. The van der Waals surface area contributed by atoms with Gasteiger partial charge in [0.05, 0.1) is 16.6 Å². The van der Waals surface area contributed by atoms with Gasteiger partial charge < -0.3 is 15.5 Å². The largest absolute Gasteiger partial charge is 0.381 e. The summed E-state index contributed by atoms with van der Waals surface area (Å²) in [4.78, 5) is 7.89. The second-order valence-electron chi connectivity index (χ2n) is 4.37. The Hall–Kier alpha value is -1.39. The molecule has 84 valence electrons. The zero-order valence-corrected chi connectivity index (χ0v) is 9.07. The van der Waals surface area contributed by atoms with Crippen LogP contribution in [0.1, 0.15) is 18.7 Å². The van der Waals surface area contributed by atoms with Crippen molar-refractivity contribution in [3.63, 3.8) is 0 Å². The predicted octanol–water partition coefficient (Wildman–Crippen LogP) is 1.53. The first kappa shape index (κ1) is 9.81. The van der Waals surface area contributed by atoms with Gasteiger partial charge in [0.25, 0.3) is 0 Å². The highest BCUT2D eigenvalue weighted by Gasteiger charge is 2.32. The fourth-order valence-corrected chi connectivity index (χ4v) is 2.16. The van der Waals surface area contributed by atoms with Gasteiger partial charge in [0.1, 0.15) is 5.82 Å². The number of fused-ring (bicyclic) bond motifs is 1. The van der Waals surface area contributed by atoms with Crippen LogP contribution in [-0.4, -0.2) is 23.2 Å². The summed E-state index contributed by atoms with van der Waals surface area (Å²) < 4.78 is 5.34. The molecule has 16 heavy (non-hydrogen) atoms. The van der Waals surface area contributed by atoms with Crippen molar-refractivity contribution in [1.82, 2.24) is 9.97 Å². The summed E-state index contributed by atoms with van der Waals surface area (Å²) in [5.41, 5.74) is 8.05. The summed E-state index contributed by atoms with van der Waals surface area (Å²) in [6, 6.07) is 8.00. The Morgan fingerprint density at radius 3 is 2.75 bits per heavy atom. The molecule has 0 saturated carbocycles. The molecule has 3 N–H and O–H groups in total. The fourth-order valence-electron chi connectivity index (χ4n) is 2.16. The quantitative estimate of drug-likeness (QED) is 0.761. The predicted molar refractivity (Wildman–Crippen MR) is 62.0 cm³/mol. The standard InChI is InChI=1S/C12H15N3O/c13-12(5-7-16-8-6-12)11-14-9-3-1-2-4-10(9)15-11/h1-4H,5-8,13H2,(H,14,15). The normalized spacial score (nSPS) is 20.1. The molecule has 0 atom stereocenters. The molecule has 4 nitrogen and oxygen atoms in total. The Morgan fingerprint density at radius 1 is 1.25 bits per heavy atom. The molecule has 1 saturated heterocycles. The molecule has 1 aliphatic rings. The lowest BCUT2D eigenvalue weighted by atomic mass is 9.91. The molecule has 4 heteroatoms. The first-order valence-electron chi connectivity index (χ1n) is 5.60. The van der Waals surface area contributed by atoms with Gasteiger partial charge in [0.2, 0.25) is 0 Å². The van der Waals surface area contributed by atoms with Crippen LogP contribution in [0.25, 0.3) is 11.0 Å². The SMILES string of the molecule is NC1(c2nc3ccccc3[nH]2)CCOCC1. The molecule has 2 aromatic rings. The Bertz CT molecular complexity index is 467. The highest BCUT2D eigenvalue weighted by molar-refractivity contribution is 5.74. The lowest BCUT2D eigenvalue weighted by molar-refractivity contribution is 0.0496. The smallest absolute Gasteiger partial charge is 0.127 e. The highest BCUT2D eigenvalue weighted by Crippen LogP contribution is 2.28. The van der Waals surface area contributed by atoms with Crippen molar-refractivity contribution < 1.29 is 4.74 Å². The molecular formula is C12H15N3O. The number of ether oxygens (including phenoxy) is 1. The van der Waals surface area contributed by atoms with Crippen molar-refractivity contribution in [2.75, 3.05) is 13.2 Å². The van der Waals surface area contributed by atoms with Crippen LogP contribution in [0.5, 0.6) is 0 Å². The van der Waals surface area contributed by atoms with E-state index in [0.717, 1.165) is 29.7 Å². The summed E-state index contributed by atoms with van der Waals surface area (Å²) in [5, 5.41) is 0. The van der Waals surface area contributed by atoms with E-state index in [0.29, 0.717) is 13.2 Å². The molecule has 1 fully saturated rings. The van der Waals surface area contributed by atoms with E-state index in [1.807, 2.05) is 24.3 Å². The maximum absolute atomic E-state index is 6.37. The van der Waals surface area contributed by atoms with Crippen LogP contribution in [0.15, 0.2) is 24.3 Å². The van der Waals surface area contributed by atoms with Gasteiger partial charge in [-0.25, -0.2) is 4.98 Å². The van der Waals surface area contributed by atoms with Gasteiger partial charge in [-0.15, -0.1) is 0 Å². The van der Waals surface area contributed by atoms with Crippen LogP contribution in [0.2, 0.25) is 0 Å². The van der Waals surface area contributed by atoms with Crippen LogP contribution in [0, 0.1) is 0 Å². The number of imidazole rings is 1. The first-order valence-corrected chi connectivity index (χ1v) is 5.60. The molecule has 3 rings (SSSR count). The van der Waals surface area contributed by atoms with Gasteiger partial charge in [0, 0.05) is 13.2 Å². The van der Waals surface area contributed by atoms with Crippen molar-refractivity contribution in [3.8, 4) is 0 Å². The van der Waals surface area contributed by atoms with E-state index >= 15 is 0 Å². The molecule has 0 unspecified atom stereocenters. The number of nitrogens with zero attached hydrogens (tertiary/aromatic N) is 1. The summed E-state index contributed by atoms with van der Waals surface area (Å²) in [5.74, 6) is 0.886. The maximum Gasteiger partial charge on any atom is 0.127 e. The monoisotopic (exact) mass is 217 g/mol. The van der Waals surface area contributed by atoms with Crippen LogP contribution in [0.4, 0.5) is 0 Å². The van der Waals surface area contributed by atoms with E-state index in [4.69, 9.17) is 10.5 Å². The molecule has 0 radical (unpaired) electrons. The fraction of sp³-hybridized carbons (Fsp3) is 0.417. The van der Waals surface area contributed by atoms with Crippen LogP contribution < -0.4 is 5.73 Å². The Morgan fingerprint density at radius 2 is 2.00 bits per heavy atom. The number of aromatic amines is 1. The number of aromatic nitrogens is 2. The van der Waals surface area contributed by atoms with Crippen molar-refractivity contribution >= 4 is 11.0 Å². The average molecular weight is 217 g/mol. The number of hydrogen-bond donors (Lipinski definition) is 2. The molecule has 1 aromatic heterocycles. The summed E-state index contributed by atoms with van der Waals surface area (Å²) in [7, 11) is 0. The number of rotatable bonds is 1. The third-order valence-electron chi connectivity index (χ3n) is 3.25. The lowest BCUT2D eigenvalue weighted by Crippen LogP contribution is -2.43. The third kappa shape index (κ3) is 1.50. The minimum Gasteiger partial charge on any atom is -0.381 e. The van der Waals surface area contributed by atoms with Gasteiger partial charge in [0.15, 0.2) is 0 Å². The topological polar surface area (TPSA) is 63.9 Å². The van der Waals surface area contributed by atoms with Crippen LogP contribution in [0.3, 0.4) is 0 Å². The molecule has 0 amide bonds. The van der Waals surface area contributed by atoms with Gasteiger partial charge in [-0.1, -0.05) is 12.1 Å².